The summed E-state index contributed by atoms with van der Waals surface area (Å²) in [5, 5.41) is 2.92. The fourth-order valence-electron chi connectivity index (χ4n) is 2.02. The molecule has 0 saturated heterocycles. The maximum atomic E-state index is 12.0. The summed E-state index contributed by atoms with van der Waals surface area (Å²) >= 11 is 0. The topological polar surface area (TPSA) is 55.4 Å². The fourth-order valence-corrected chi connectivity index (χ4v) is 2.02. The molecule has 0 spiro atoms. The van der Waals surface area contributed by atoms with Crippen LogP contribution < -0.4 is 5.32 Å². The molecule has 4 nitrogen and oxygen atoms in total. The molecule has 0 aliphatic rings. The van der Waals surface area contributed by atoms with Crippen LogP contribution in [0.2, 0.25) is 0 Å². The third-order valence-electron chi connectivity index (χ3n) is 3.21. The number of rotatable bonds is 8. The van der Waals surface area contributed by atoms with E-state index >= 15 is 0 Å². The smallest absolute Gasteiger partial charge is 0.305 e. The number of hydrogen-bond donors (Lipinski definition) is 1. The lowest BCUT2D eigenvalue weighted by molar-refractivity contribution is -0.140. The lowest BCUT2D eigenvalue weighted by atomic mass is 10.0. The van der Waals surface area contributed by atoms with Crippen LogP contribution in [0.1, 0.15) is 48.5 Å². The number of esters is 1. The summed E-state index contributed by atoms with van der Waals surface area (Å²) in [5.41, 5.74) is 1.82. The molecular weight excluding hydrogens is 254 g/mol. The molecule has 1 rings (SSSR count). The van der Waals surface area contributed by atoms with E-state index in [1.54, 1.807) is 0 Å². The van der Waals surface area contributed by atoms with Gasteiger partial charge in [0.2, 0.25) is 0 Å². The fraction of sp³-hybridized carbons (Fsp3) is 0.500. The SMILES string of the molecule is CCc1ccccc1C(=O)NCCCCCC(=O)OC. The lowest BCUT2D eigenvalue weighted by Gasteiger charge is -2.08. The van der Waals surface area contributed by atoms with E-state index < -0.39 is 0 Å². The van der Waals surface area contributed by atoms with Gasteiger partial charge in [-0.15, -0.1) is 0 Å². The molecule has 0 aliphatic heterocycles. The summed E-state index contributed by atoms with van der Waals surface area (Å²) < 4.78 is 4.57. The van der Waals surface area contributed by atoms with Crippen LogP contribution in [0, 0.1) is 0 Å². The molecular formula is C16H23NO3. The van der Waals surface area contributed by atoms with Crippen LogP contribution in [0.3, 0.4) is 0 Å². The predicted octanol–water partition coefficient (Wildman–Crippen LogP) is 2.71. The Morgan fingerprint density at radius 3 is 2.60 bits per heavy atom. The van der Waals surface area contributed by atoms with Crippen molar-refractivity contribution in [1.29, 1.82) is 0 Å². The summed E-state index contributed by atoms with van der Waals surface area (Å²) in [4.78, 5) is 22.9. The van der Waals surface area contributed by atoms with E-state index in [2.05, 4.69) is 10.1 Å². The second-order valence-corrected chi connectivity index (χ2v) is 4.65. The van der Waals surface area contributed by atoms with Crippen LogP contribution in [-0.2, 0) is 16.0 Å². The molecule has 0 heterocycles. The average molecular weight is 277 g/mol. The highest BCUT2D eigenvalue weighted by molar-refractivity contribution is 5.95. The third kappa shape index (κ3) is 5.43. The van der Waals surface area contributed by atoms with E-state index in [1.165, 1.54) is 7.11 Å². The maximum Gasteiger partial charge on any atom is 0.305 e. The monoisotopic (exact) mass is 277 g/mol. The Bertz CT molecular complexity index is 443. The second-order valence-electron chi connectivity index (χ2n) is 4.65. The molecule has 4 heteroatoms. The molecule has 1 amide bonds. The molecule has 0 aromatic heterocycles. The van der Waals surface area contributed by atoms with Crippen LogP contribution >= 0.6 is 0 Å². The van der Waals surface area contributed by atoms with Crippen molar-refractivity contribution in [1.82, 2.24) is 5.32 Å². The molecule has 110 valence electrons. The molecule has 0 saturated carbocycles. The predicted molar refractivity (Wildman–Crippen MR) is 78.6 cm³/mol. The van der Waals surface area contributed by atoms with Crippen molar-refractivity contribution in [2.75, 3.05) is 13.7 Å². The highest BCUT2D eigenvalue weighted by atomic mass is 16.5. The molecule has 0 aliphatic carbocycles. The molecule has 0 radical (unpaired) electrons. The van der Waals surface area contributed by atoms with Gasteiger partial charge in [0.15, 0.2) is 0 Å². The Hall–Kier alpha value is -1.84. The highest BCUT2D eigenvalue weighted by Crippen LogP contribution is 2.09. The van der Waals surface area contributed by atoms with Gasteiger partial charge in [-0.05, 0) is 30.9 Å². The van der Waals surface area contributed by atoms with Gasteiger partial charge < -0.3 is 10.1 Å². The quantitative estimate of drug-likeness (QED) is 0.587. The van der Waals surface area contributed by atoms with E-state index in [4.69, 9.17) is 0 Å². The standard InChI is InChI=1S/C16H23NO3/c1-3-13-9-6-7-10-14(13)16(19)17-12-8-4-5-11-15(18)20-2/h6-7,9-10H,3-5,8,11-12H2,1-2H3,(H,17,19). The van der Waals surface area contributed by atoms with Crippen LogP contribution in [0.4, 0.5) is 0 Å². The second kappa shape index (κ2) is 9.13. The number of carbonyl (C=O) groups excluding carboxylic acids is 2. The van der Waals surface area contributed by atoms with Gasteiger partial charge in [-0.3, -0.25) is 9.59 Å². The van der Waals surface area contributed by atoms with Gasteiger partial charge in [-0.1, -0.05) is 31.5 Å². The number of hydrogen-bond acceptors (Lipinski definition) is 3. The van der Waals surface area contributed by atoms with Gasteiger partial charge in [0.1, 0.15) is 0 Å². The average Bonchev–Trinajstić information content (AvgIpc) is 2.49. The van der Waals surface area contributed by atoms with Gasteiger partial charge in [0.05, 0.1) is 7.11 Å². The van der Waals surface area contributed by atoms with E-state index in [0.717, 1.165) is 36.8 Å². The number of carbonyl (C=O) groups is 2. The zero-order valence-corrected chi connectivity index (χ0v) is 12.3. The van der Waals surface area contributed by atoms with E-state index in [9.17, 15) is 9.59 Å². The van der Waals surface area contributed by atoms with Crippen molar-refractivity contribution < 1.29 is 14.3 Å². The van der Waals surface area contributed by atoms with Crippen LogP contribution in [0.15, 0.2) is 24.3 Å². The molecule has 0 bridgehead atoms. The number of methoxy groups -OCH3 is 1. The first kappa shape index (κ1) is 16.2. The molecule has 1 aromatic rings. The lowest BCUT2D eigenvalue weighted by Crippen LogP contribution is -2.25. The van der Waals surface area contributed by atoms with Crippen molar-refractivity contribution in [3.05, 3.63) is 35.4 Å². The Morgan fingerprint density at radius 1 is 1.15 bits per heavy atom. The summed E-state index contributed by atoms with van der Waals surface area (Å²) in [5.74, 6) is -0.193. The van der Waals surface area contributed by atoms with E-state index in [-0.39, 0.29) is 11.9 Å². The number of ether oxygens (including phenoxy) is 1. The Labute approximate surface area is 120 Å². The van der Waals surface area contributed by atoms with E-state index in [0.29, 0.717) is 13.0 Å². The first-order valence-corrected chi connectivity index (χ1v) is 7.12. The summed E-state index contributed by atoms with van der Waals surface area (Å²) in [6.45, 7) is 2.68. The van der Waals surface area contributed by atoms with Crippen LogP contribution in [-0.4, -0.2) is 25.5 Å². The minimum absolute atomic E-state index is 0.0181. The van der Waals surface area contributed by atoms with Crippen LogP contribution in [0.25, 0.3) is 0 Å². The van der Waals surface area contributed by atoms with Crippen molar-refractivity contribution in [3.63, 3.8) is 0 Å². The summed E-state index contributed by atoms with van der Waals surface area (Å²) in [6, 6.07) is 7.66. The van der Waals surface area contributed by atoms with Gasteiger partial charge in [0, 0.05) is 18.5 Å². The maximum absolute atomic E-state index is 12.0. The Kier molecular flexibility index (Phi) is 7.40. The highest BCUT2D eigenvalue weighted by Gasteiger charge is 2.08. The third-order valence-corrected chi connectivity index (χ3v) is 3.21. The first-order chi connectivity index (χ1) is 9.69. The van der Waals surface area contributed by atoms with Crippen molar-refractivity contribution in [3.8, 4) is 0 Å². The number of amides is 1. The number of benzene rings is 1. The van der Waals surface area contributed by atoms with Gasteiger partial charge in [-0.25, -0.2) is 0 Å². The summed E-state index contributed by atoms with van der Waals surface area (Å²) in [6.07, 6.45) is 3.88. The van der Waals surface area contributed by atoms with Crippen LogP contribution in [0.5, 0.6) is 0 Å². The minimum atomic E-state index is -0.175. The largest absolute Gasteiger partial charge is 0.469 e. The normalized spacial score (nSPS) is 10.1. The van der Waals surface area contributed by atoms with Crippen molar-refractivity contribution in [2.45, 2.75) is 39.0 Å². The van der Waals surface area contributed by atoms with Gasteiger partial charge >= 0.3 is 5.97 Å². The molecule has 0 atom stereocenters. The van der Waals surface area contributed by atoms with Gasteiger partial charge in [0.25, 0.3) is 5.91 Å². The zero-order chi connectivity index (χ0) is 14.8. The Balaban J connectivity index is 2.25. The first-order valence-electron chi connectivity index (χ1n) is 7.12. The van der Waals surface area contributed by atoms with Gasteiger partial charge in [-0.2, -0.15) is 0 Å². The molecule has 20 heavy (non-hydrogen) atoms. The molecule has 1 aromatic carbocycles. The minimum Gasteiger partial charge on any atom is -0.469 e. The Morgan fingerprint density at radius 2 is 1.90 bits per heavy atom. The number of unbranched alkanes of at least 4 members (excludes halogenated alkanes) is 2. The molecule has 0 unspecified atom stereocenters. The molecule has 1 N–H and O–H groups in total. The van der Waals surface area contributed by atoms with Crippen molar-refractivity contribution in [2.24, 2.45) is 0 Å². The summed E-state index contributed by atoms with van der Waals surface area (Å²) in [7, 11) is 1.40. The zero-order valence-electron chi connectivity index (χ0n) is 12.3. The van der Waals surface area contributed by atoms with E-state index in [1.807, 2.05) is 31.2 Å². The molecule has 0 fully saturated rings. The number of nitrogens with one attached hydrogen (secondary N) is 1. The van der Waals surface area contributed by atoms with Crippen molar-refractivity contribution >= 4 is 11.9 Å². The number of aryl methyl sites for hydroxylation is 1.